The molecule has 0 saturated heterocycles. The van der Waals surface area contributed by atoms with E-state index in [-0.39, 0.29) is 22.2 Å². The van der Waals surface area contributed by atoms with Crippen molar-refractivity contribution < 1.29 is 18.2 Å². The number of carbonyl (C=O) groups is 1. The molecular formula is C32H36FN5O3. The molecule has 8 fully saturated rings. The van der Waals surface area contributed by atoms with Crippen LogP contribution in [0.15, 0.2) is 33.3 Å². The van der Waals surface area contributed by atoms with Gasteiger partial charge in [-0.3, -0.25) is 4.79 Å². The predicted octanol–water partition coefficient (Wildman–Crippen LogP) is 6.78. The van der Waals surface area contributed by atoms with Gasteiger partial charge in [0.25, 0.3) is 5.89 Å². The van der Waals surface area contributed by atoms with E-state index in [1.807, 2.05) is 29.2 Å². The number of amides is 1. The number of fused-ring (bicyclic) bond motifs is 3. The Kier molecular flexibility index (Phi) is 4.93. The summed E-state index contributed by atoms with van der Waals surface area (Å²) in [6, 6.07) is 7.98. The lowest BCUT2D eigenvalue weighted by atomic mass is 9.41. The van der Waals surface area contributed by atoms with Crippen molar-refractivity contribution in [3.05, 3.63) is 41.8 Å². The highest BCUT2D eigenvalue weighted by Gasteiger charge is 2.69. The van der Waals surface area contributed by atoms with Crippen molar-refractivity contribution in [1.29, 1.82) is 0 Å². The number of aromatic nitrogens is 4. The normalized spacial score (nSPS) is 35.1. The first-order chi connectivity index (χ1) is 19.8. The second-order valence-electron chi connectivity index (χ2n) is 14.6. The van der Waals surface area contributed by atoms with Gasteiger partial charge in [-0.1, -0.05) is 16.4 Å². The summed E-state index contributed by atoms with van der Waals surface area (Å²) in [4.78, 5) is 25.6. The van der Waals surface area contributed by atoms with Crippen LogP contribution in [0, 0.1) is 10.8 Å². The van der Waals surface area contributed by atoms with Crippen molar-refractivity contribution in [2.75, 3.05) is 11.4 Å². The number of rotatable bonds is 9. The number of anilines is 1. The summed E-state index contributed by atoms with van der Waals surface area (Å²) < 4.78 is 25.8. The summed E-state index contributed by atoms with van der Waals surface area (Å²) >= 11 is 0. The van der Waals surface area contributed by atoms with Gasteiger partial charge in [0.1, 0.15) is 5.67 Å². The van der Waals surface area contributed by atoms with Crippen LogP contribution in [-0.4, -0.2) is 38.4 Å². The summed E-state index contributed by atoms with van der Waals surface area (Å²) in [5, 5.41) is 8.51. The number of hydrogen-bond acceptors (Lipinski definition) is 7. The third kappa shape index (κ3) is 4.01. The maximum atomic E-state index is 14.3. The molecular weight excluding hydrogens is 521 g/mol. The Morgan fingerprint density at radius 3 is 2.20 bits per heavy atom. The van der Waals surface area contributed by atoms with Crippen LogP contribution in [0.3, 0.4) is 0 Å². The van der Waals surface area contributed by atoms with Gasteiger partial charge in [0, 0.05) is 41.5 Å². The monoisotopic (exact) mass is 557 g/mol. The van der Waals surface area contributed by atoms with E-state index in [1.54, 1.807) is 0 Å². The molecule has 214 valence electrons. The van der Waals surface area contributed by atoms with E-state index < -0.39 is 5.67 Å². The van der Waals surface area contributed by atoms with E-state index in [0.29, 0.717) is 50.0 Å². The largest absolute Gasteiger partial charge is 0.339 e. The molecule has 0 N–H and O–H groups in total. The molecule has 11 rings (SSSR count). The van der Waals surface area contributed by atoms with Crippen LogP contribution in [0.4, 0.5) is 10.1 Å². The van der Waals surface area contributed by atoms with Crippen LogP contribution in [0.5, 0.6) is 0 Å². The van der Waals surface area contributed by atoms with E-state index >= 15 is 0 Å². The van der Waals surface area contributed by atoms with Crippen molar-refractivity contribution in [3.63, 3.8) is 0 Å². The Labute approximate surface area is 238 Å². The molecule has 0 atom stereocenters. The summed E-state index contributed by atoms with van der Waals surface area (Å²) in [5.41, 5.74) is 0.580. The molecule has 0 unspecified atom stereocenters. The van der Waals surface area contributed by atoms with Gasteiger partial charge < -0.3 is 13.9 Å². The number of nitrogens with zero attached hydrogens (tertiary/aromatic N) is 5. The van der Waals surface area contributed by atoms with Gasteiger partial charge in [0.05, 0.1) is 0 Å². The molecule has 2 aromatic heterocycles. The quantitative estimate of drug-likeness (QED) is 0.286. The van der Waals surface area contributed by atoms with Crippen LogP contribution >= 0.6 is 0 Å². The minimum atomic E-state index is -1.01. The van der Waals surface area contributed by atoms with E-state index in [0.717, 1.165) is 80.2 Å². The fraction of sp³-hybridized carbons (Fsp3) is 0.656. The lowest BCUT2D eigenvalue weighted by molar-refractivity contribution is -0.215. The van der Waals surface area contributed by atoms with E-state index in [2.05, 4.69) is 15.3 Å². The molecule has 2 heterocycles. The van der Waals surface area contributed by atoms with Crippen molar-refractivity contribution in [2.24, 2.45) is 10.8 Å². The lowest BCUT2D eigenvalue weighted by Gasteiger charge is -2.66. The average molecular weight is 558 g/mol. The number of benzene rings is 1. The maximum absolute atomic E-state index is 14.3. The molecule has 8 saturated carbocycles. The molecule has 0 aliphatic heterocycles. The van der Waals surface area contributed by atoms with Crippen LogP contribution in [0.25, 0.3) is 11.5 Å². The summed E-state index contributed by atoms with van der Waals surface area (Å²) in [6.45, 7) is 0.677. The van der Waals surface area contributed by atoms with Gasteiger partial charge >= 0.3 is 0 Å². The maximum Gasteiger partial charge on any atom is 0.258 e. The molecule has 41 heavy (non-hydrogen) atoms. The molecule has 0 radical (unpaired) electrons. The van der Waals surface area contributed by atoms with Crippen molar-refractivity contribution in [2.45, 2.75) is 113 Å². The van der Waals surface area contributed by atoms with Crippen LogP contribution in [0.1, 0.15) is 119 Å². The van der Waals surface area contributed by atoms with Crippen molar-refractivity contribution >= 4 is 11.6 Å². The minimum absolute atomic E-state index is 0.0187. The smallest absolute Gasteiger partial charge is 0.258 e. The third-order valence-corrected chi connectivity index (χ3v) is 11.4. The first-order valence-corrected chi connectivity index (χ1v) is 15.6. The summed E-state index contributed by atoms with van der Waals surface area (Å²) in [6.07, 6.45) is 12.7. The van der Waals surface area contributed by atoms with E-state index in [1.165, 1.54) is 12.8 Å². The number of alkyl halides is 1. The van der Waals surface area contributed by atoms with Crippen molar-refractivity contribution in [3.8, 4) is 11.5 Å². The molecule has 3 aromatic rings. The molecule has 8 nitrogen and oxygen atoms in total. The SMILES string of the molecule is O=C(CC12CC(F)(C1)C2)N(CC12CCC(c3nc(C4CC4)no3)(CC1)CC2)c1cccc(-c2nc(C3CC3)no2)c1. The summed E-state index contributed by atoms with van der Waals surface area (Å²) in [7, 11) is 0. The molecule has 1 aromatic carbocycles. The average Bonchev–Trinajstić information content (AvgIpc) is 3.90. The Morgan fingerprint density at radius 2 is 1.54 bits per heavy atom. The van der Waals surface area contributed by atoms with Crippen molar-refractivity contribution in [1.82, 2.24) is 20.3 Å². The zero-order valence-corrected chi connectivity index (χ0v) is 23.4. The first kappa shape index (κ1) is 24.5. The van der Waals surface area contributed by atoms with Crippen LogP contribution in [-0.2, 0) is 10.2 Å². The first-order valence-electron chi connectivity index (χ1n) is 15.6. The Hall–Kier alpha value is -3.10. The highest BCUT2D eigenvalue weighted by atomic mass is 19.1. The molecule has 0 spiro atoms. The number of halogens is 1. The molecule has 8 aliphatic carbocycles. The standard InChI is InChI=1S/C32H36FN5O3/c33-32-16-30(17-32,18-32)15-24(39)38(23-3-1-2-22(14-23)27-34-25(36-40-27)20-4-5-20)19-29-8-11-31(12-9-29,13-10-29)28-35-26(37-41-28)21-6-7-21/h1-3,14,20-21H,4-13,15-19H2. The van der Waals surface area contributed by atoms with Gasteiger partial charge in [-0.2, -0.15) is 9.97 Å². The molecule has 9 heteroatoms. The topological polar surface area (TPSA) is 98.2 Å². The molecule has 4 bridgehead atoms. The van der Waals surface area contributed by atoms with Gasteiger partial charge in [-0.05, 0) is 112 Å². The molecule has 1 amide bonds. The van der Waals surface area contributed by atoms with Gasteiger partial charge in [0.15, 0.2) is 11.6 Å². The predicted molar refractivity (Wildman–Crippen MR) is 147 cm³/mol. The highest BCUT2D eigenvalue weighted by Crippen LogP contribution is 2.71. The highest BCUT2D eigenvalue weighted by molar-refractivity contribution is 5.94. The van der Waals surface area contributed by atoms with Crippen LogP contribution < -0.4 is 4.90 Å². The third-order valence-electron chi connectivity index (χ3n) is 11.4. The number of carbonyl (C=O) groups excluding carboxylic acids is 1. The van der Waals surface area contributed by atoms with E-state index in [9.17, 15) is 9.18 Å². The van der Waals surface area contributed by atoms with E-state index in [4.69, 9.17) is 14.0 Å². The van der Waals surface area contributed by atoms with Gasteiger partial charge in [-0.25, -0.2) is 4.39 Å². The molecule has 8 aliphatic rings. The summed E-state index contributed by atoms with van der Waals surface area (Å²) in [5.74, 6) is 4.02. The second-order valence-corrected chi connectivity index (χ2v) is 14.6. The lowest BCUT2D eigenvalue weighted by Crippen LogP contribution is -2.65. The Bertz CT molecular complexity index is 1490. The zero-order valence-electron chi connectivity index (χ0n) is 23.4. The Balaban J connectivity index is 0.979. The Morgan fingerprint density at radius 1 is 0.878 bits per heavy atom. The van der Waals surface area contributed by atoms with Crippen LogP contribution in [0.2, 0.25) is 0 Å². The minimum Gasteiger partial charge on any atom is -0.339 e. The van der Waals surface area contributed by atoms with Gasteiger partial charge in [0.2, 0.25) is 11.8 Å². The fourth-order valence-electron chi connectivity index (χ4n) is 8.57. The second kappa shape index (κ2) is 8.26. The zero-order chi connectivity index (χ0) is 27.5. The van der Waals surface area contributed by atoms with Gasteiger partial charge in [-0.15, -0.1) is 0 Å². The fourth-order valence-corrected chi connectivity index (χ4v) is 8.57. The number of hydrogen-bond donors (Lipinski definition) is 0.